The van der Waals surface area contributed by atoms with E-state index in [9.17, 15) is 0 Å². The maximum atomic E-state index is 5.82. The van der Waals surface area contributed by atoms with Gasteiger partial charge in [0.05, 0.1) is 0 Å². The summed E-state index contributed by atoms with van der Waals surface area (Å²) in [7, 11) is 1.86. The highest BCUT2D eigenvalue weighted by Gasteiger charge is 2.31. The molecule has 1 saturated carbocycles. The Morgan fingerprint density at radius 3 is 2.56 bits per heavy atom. The molecule has 6 nitrogen and oxygen atoms in total. The van der Waals surface area contributed by atoms with E-state index in [2.05, 4.69) is 20.5 Å². The fourth-order valence-corrected chi connectivity index (χ4v) is 3.78. The van der Waals surface area contributed by atoms with Crippen molar-refractivity contribution in [1.29, 1.82) is 0 Å². The van der Waals surface area contributed by atoms with E-state index in [1.165, 1.54) is 38.8 Å². The van der Waals surface area contributed by atoms with Crippen molar-refractivity contribution >= 4 is 5.96 Å². The Hall–Kier alpha value is -0.850. The fourth-order valence-electron chi connectivity index (χ4n) is 3.78. The molecule has 0 aromatic carbocycles. The van der Waals surface area contributed by atoms with Gasteiger partial charge in [-0.1, -0.05) is 0 Å². The Kier molecular flexibility index (Phi) is 7.82. The second-order valence-electron chi connectivity index (χ2n) is 7.67. The van der Waals surface area contributed by atoms with Crippen molar-refractivity contribution in [2.24, 2.45) is 10.9 Å². The highest BCUT2D eigenvalue weighted by atomic mass is 16.5. The van der Waals surface area contributed by atoms with E-state index in [0.717, 1.165) is 64.2 Å². The summed E-state index contributed by atoms with van der Waals surface area (Å²) >= 11 is 0. The van der Waals surface area contributed by atoms with Crippen LogP contribution in [0.3, 0.4) is 0 Å². The zero-order chi connectivity index (χ0) is 17.3. The molecule has 2 heterocycles. The predicted molar refractivity (Wildman–Crippen MR) is 101 cm³/mol. The van der Waals surface area contributed by atoms with Gasteiger partial charge in [-0.3, -0.25) is 4.99 Å². The third-order valence-corrected chi connectivity index (χ3v) is 5.61. The number of hydrogen-bond donors (Lipinski definition) is 2. The first-order chi connectivity index (χ1) is 12.3. The predicted octanol–water partition coefficient (Wildman–Crippen LogP) is 1.61. The molecule has 2 N–H and O–H groups in total. The van der Waals surface area contributed by atoms with E-state index in [1.807, 2.05) is 7.05 Å². The van der Waals surface area contributed by atoms with Crippen molar-refractivity contribution < 1.29 is 9.47 Å². The Morgan fingerprint density at radius 1 is 1.12 bits per heavy atom. The van der Waals surface area contributed by atoms with Gasteiger partial charge in [-0.2, -0.15) is 0 Å². The summed E-state index contributed by atoms with van der Waals surface area (Å²) in [4.78, 5) is 7.02. The van der Waals surface area contributed by atoms with E-state index in [1.54, 1.807) is 0 Å². The summed E-state index contributed by atoms with van der Waals surface area (Å²) < 4.78 is 11.2. The molecular formula is C19H36N4O2. The first kappa shape index (κ1) is 18.9. The van der Waals surface area contributed by atoms with Crippen molar-refractivity contribution in [3.8, 4) is 0 Å². The van der Waals surface area contributed by atoms with Gasteiger partial charge in [0.2, 0.25) is 0 Å². The molecule has 2 aliphatic heterocycles. The number of nitrogens with zero attached hydrogens (tertiary/aromatic N) is 2. The van der Waals surface area contributed by atoms with Crippen LogP contribution in [-0.2, 0) is 9.47 Å². The van der Waals surface area contributed by atoms with Crippen LogP contribution in [0.4, 0.5) is 0 Å². The lowest BCUT2D eigenvalue weighted by Gasteiger charge is -2.33. The lowest BCUT2D eigenvalue weighted by atomic mass is 10.0. The van der Waals surface area contributed by atoms with Gasteiger partial charge in [0, 0.05) is 65.2 Å². The average Bonchev–Trinajstić information content (AvgIpc) is 3.50. The Labute approximate surface area is 152 Å². The largest absolute Gasteiger partial charge is 0.381 e. The van der Waals surface area contributed by atoms with Crippen LogP contribution >= 0.6 is 0 Å². The zero-order valence-electron chi connectivity index (χ0n) is 15.8. The number of ether oxygens (including phenoxy) is 2. The highest BCUT2D eigenvalue weighted by molar-refractivity contribution is 5.79. The number of aliphatic imine (C=N–C) groups is 1. The van der Waals surface area contributed by atoms with E-state index in [-0.39, 0.29) is 0 Å². The topological polar surface area (TPSA) is 58.1 Å². The van der Waals surface area contributed by atoms with E-state index < -0.39 is 0 Å². The number of piperidine rings is 1. The molecule has 25 heavy (non-hydrogen) atoms. The van der Waals surface area contributed by atoms with Crippen LogP contribution in [0.5, 0.6) is 0 Å². The third kappa shape index (κ3) is 6.76. The van der Waals surface area contributed by atoms with Crippen molar-refractivity contribution in [1.82, 2.24) is 15.5 Å². The SMILES string of the molecule is CN=C(NCCCOCC1CCOCC1)NC1CCN(C2CC2)CC1. The first-order valence-corrected chi connectivity index (χ1v) is 10.2. The van der Waals surface area contributed by atoms with Crippen molar-refractivity contribution in [3.05, 3.63) is 0 Å². The Balaban J connectivity index is 1.20. The number of guanidine groups is 1. The molecule has 0 atom stereocenters. The van der Waals surface area contributed by atoms with Gasteiger partial charge >= 0.3 is 0 Å². The van der Waals surface area contributed by atoms with Gasteiger partial charge < -0.3 is 25.0 Å². The molecule has 3 aliphatic rings. The minimum absolute atomic E-state index is 0.561. The van der Waals surface area contributed by atoms with Crippen molar-refractivity contribution in [2.45, 2.75) is 57.0 Å². The van der Waals surface area contributed by atoms with Gasteiger partial charge in [-0.25, -0.2) is 0 Å². The maximum absolute atomic E-state index is 5.82. The van der Waals surface area contributed by atoms with Gasteiger partial charge in [-0.15, -0.1) is 0 Å². The average molecular weight is 353 g/mol. The van der Waals surface area contributed by atoms with Crippen LogP contribution in [0, 0.1) is 5.92 Å². The summed E-state index contributed by atoms with van der Waals surface area (Å²) in [6.45, 7) is 6.89. The molecule has 0 radical (unpaired) electrons. The second-order valence-corrected chi connectivity index (χ2v) is 7.67. The minimum atomic E-state index is 0.561. The van der Waals surface area contributed by atoms with E-state index in [0.29, 0.717) is 12.0 Å². The maximum Gasteiger partial charge on any atom is 0.191 e. The quantitative estimate of drug-likeness (QED) is 0.395. The van der Waals surface area contributed by atoms with Crippen molar-refractivity contribution in [3.63, 3.8) is 0 Å². The number of rotatable bonds is 8. The van der Waals surface area contributed by atoms with Crippen LogP contribution < -0.4 is 10.6 Å². The van der Waals surface area contributed by atoms with Gasteiger partial charge in [0.15, 0.2) is 5.96 Å². The molecule has 0 amide bonds. The smallest absolute Gasteiger partial charge is 0.191 e. The number of hydrogen-bond acceptors (Lipinski definition) is 4. The van der Waals surface area contributed by atoms with Gasteiger partial charge in [0.1, 0.15) is 0 Å². The molecule has 1 aliphatic carbocycles. The molecule has 0 bridgehead atoms. The molecule has 0 aromatic heterocycles. The molecule has 144 valence electrons. The molecule has 6 heteroatoms. The minimum Gasteiger partial charge on any atom is -0.381 e. The molecular weight excluding hydrogens is 316 g/mol. The van der Waals surface area contributed by atoms with Crippen LogP contribution in [-0.4, -0.2) is 76.1 Å². The standard InChI is InChI=1S/C19H36N4O2/c1-20-19(22-17-5-10-23(11-6-17)18-3-4-18)21-9-2-12-25-15-16-7-13-24-14-8-16/h16-18H,2-15H2,1H3,(H2,20,21,22). The third-order valence-electron chi connectivity index (χ3n) is 5.61. The van der Waals surface area contributed by atoms with Crippen LogP contribution in [0.15, 0.2) is 4.99 Å². The second kappa shape index (κ2) is 10.3. The van der Waals surface area contributed by atoms with Crippen LogP contribution in [0.25, 0.3) is 0 Å². The zero-order valence-corrected chi connectivity index (χ0v) is 15.8. The lowest BCUT2D eigenvalue weighted by Crippen LogP contribution is -2.49. The summed E-state index contributed by atoms with van der Waals surface area (Å²) in [6.07, 6.45) is 8.60. The summed E-state index contributed by atoms with van der Waals surface area (Å²) in [5.41, 5.74) is 0. The Morgan fingerprint density at radius 2 is 1.88 bits per heavy atom. The molecule has 2 saturated heterocycles. The van der Waals surface area contributed by atoms with Gasteiger partial charge in [-0.05, 0) is 50.9 Å². The molecule has 3 fully saturated rings. The first-order valence-electron chi connectivity index (χ1n) is 10.2. The van der Waals surface area contributed by atoms with Crippen LogP contribution in [0.1, 0.15) is 44.9 Å². The molecule has 3 rings (SSSR count). The molecule has 0 aromatic rings. The summed E-state index contributed by atoms with van der Waals surface area (Å²) in [5.74, 6) is 1.63. The molecule has 0 unspecified atom stereocenters. The lowest BCUT2D eigenvalue weighted by molar-refractivity contribution is 0.0203. The number of nitrogens with one attached hydrogen (secondary N) is 2. The Bertz CT molecular complexity index is 400. The summed E-state index contributed by atoms with van der Waals surface area (Å²) in [5, 5.41) is 7.01. The van der Waals surface area contributed by atoms with E-state index in [4.69, 9.17) is 9.47 Å². The van der Waals surface area contributed by atoms with E-state index >= 15 is 0 Å². The summed E-state index contributed by atoms with van der Waals surface area (Å²) in [6, 6.07) is 1.46. The van der Waals surface area contributed by atoms with Crippen LogP contribution in [0.2, 0.25) is 0 Å². The normalized spacial score (nSPS) is 24.4. The molecule has 0 spiro atoms. The fraction of sp³-hybridized carbons (Fsp3) is 0.947. The monoisotopic (exact) mass is 352 g/mol. The highest BCUT2D eigenvalue weighted by Crippen LogP contribution is 2.29. The number of likely N-dealkylation sites (tertiary alicyclic amines) is 1. The van der Waals surface area contributed by atoms with Crippen molar-refractivity contribution in [2.75, 3.05) is 53.1 Å². The van der Waals surface area contributed by atoms with Gasteiger partial charge in [0.25, 0.3) is 0 Å².